The van der Waals surface area contributed by atoms with Gasteiger partial charge < -0.3 is 35.4 Å². The number of amides is 1. The van der Waals surface area contributed by atoms with Crippen LogP contribution in [0.5, 0.6) is 0 Å². The Morgan fingerprint density at radius 2 is 1.97 bits per heavy atom. The molecule has 0 saturated carbocycles. The highest BCUT2D eigenvalue weighted by molar-refractivity contribution is 5.69. The maximum Gasteiger partial charge on any atom is 0.410 e. The minimum atomic E-state index is -2.80. The molecule has 0 aromatic carbocycles. The van der Waals surface area contributed by atoms with Gasteiger partial charge in [-0.1, -0.05) is 0 Å². The Bertz CT molecular complexity index is 1040. The van der Waals surface area contributed by atoms with Crippen LogP contribution in [-0.4, -0.2) is 101 Å². The number of morpholine rings is 1. The second-order valence-corrected chi connectivity index (χ2v) is 8.17. The Morgan fingerprint density at radius 1 is 1.26 bits per heavy atom. The zero-order valence-corrected chi connectivity index (χ0v) is 18.7. The van der Waals surface area contributed by atoms with E-state index in [4.69, 9.17) is 10.5 Å². The average molecular weight is 498 g/mol. The first-order valence-electron chi connectivity index (χ1n) is 10.9. The Balaban J connectivity index is 1.64. The first kappa shape index (κ1) is 24.7. The van der Waals surface area contributed by atoms with Crippen LogP contribution in [-0.2, 0) is 9.47 Å². The third kappa shape index (κ3) is 5.62. The van der Waals surface area contributed by atoms with Gasteiger partial charge in [-0.3, -0.25) is 0 Å². The van der Waals surface area contributed by atoms with Crippen molar-refractivity contribution >= 4 is 23.8 Å². The van der Waals surface area contributed by atoms with Gasteiger partial charge in [-0.05, 0) is 6.42 Å². The minimum Gasteiger partial charge on any atom is -0.443 e. The van der Waals surface area contributed by atoms with Crippen molar-refractivity contribution in [2.24, 2.45) is 0 Å². The molecule has 2 saturated heterocycles. The summed E-state index contributed by atoms with van der Waals surface area (Å²) in [5, 5.41) is 13.1. The maximum atomic E-state index is 15.6. The van der Waals surface area contributed by atoms with Crippen molar-refractivity contribution in [2.45, 2.75) is 18.4 Å². The number of halogens is 3. The van der Waals surface area contributed by atoms with Crippen molar-refractivity contribution in [3.05, 3.63) is 18.2 Å². The Labute approximate surface area is 198 Å². The summed E-state index contributed by atoms with van der Waals surface area (Å²) >= 11 is 0. The SMILES string of the molecule is Nc1ncc(-c2nc(N3CCOCC3)nc(N[C@@]3(CO)CCN(C(=O)OCC(F)F)C3)c2F)cn1. The van der Waals surface area contributed by atoms with Crippen LogP contribution in [0.1, 0.15) is 6.42 Å². The molecule has 1 atom stereocenters. The number of hydrogen-bond donors (Lipinski definition) is 3. The Morgan fingerprint density at radius 3 is 2.63 bits per heavy atom. The van der Waals surface area contributed by atoms with Crippen molar-refractivity contribution in [2.75, 3.05) is 68.6 Å². The first-order valence-corrected chi connectivity index (χ1v) is 10.9. The molecule has 0 radical (unpaired) electrons. The molecule has 4 heterocycles. The lowest BCUT2D eigenvalue weighted by atomic mass is 10.00. The number of nitrogens with zero attached hydrogens (tertiary/aromatic N) is 6. The highest BCUT2D eigenvalue weighted by Gasteiger charge is 2.41. The van der Waals surface area contributed by atoms with Gasteiger partial charge in [0.25, 0.3) is 6.43 Å². The van der Waals surface area contributed by atoms with Crippen molar-refractivity contribution < 1.29 is 32.5 Å². The number of aromatic nitrogens is 4. The fraction of sp³-hybridized carbons (Fsp3) is 0.550. The van der Waals surface area contributed by atoms with Crippen molar-refractivity contribution in [1.29, 1.82) is 0 Å². The topological polar surface area (TPSA) is 152 Å². The van der Waals surface area contributed by atoms with Crippen LogP contribution < -0.4 is 16.0 Å². The zero-order chi connectivity index (χ0) is 25.0. The summed E-state index contributed by atoms with van der Waals surface area (Å²) in [6.07, 6.45) is -0.882. The van der Waals surface area contributed by atoms with Gasteiger partial charge in [0.15, 0.2) is 18.2 Å². The molecular weight excluding hydrogens is 473 g/mol. The van der Waals surface area contributed by atoms with Crippen LogP contribution >= 0.6 is 0 Å². The van der Waals surface area contributed by atoms with Gasteiger partial charge in [-0.25, -0.2) is 32.9 Å². The largest absolute Gasteiger partial charge is 0.443 e. The summed E-state index contributed by atoms with van der Waals surface area (Å²) < 4.78 is 50.4. The van der Waals surface area contributed by atoms with Crippen LogP contribution in [0.25, 0.3) is 11.3 Å². The van der Waals surface area contributed by atoms with E-state index in [0.717, 1.165) is 0 Å². The molecule has 2 fully saturated rings. The molecule has 2 aliphatic heterocycles. The second-order valence-electron chi connectivity index (χ2n) is 8.17. The van der Waals surface area contributed by atoms with Crippen LogP contribution in [0.15, 0.2) is 12.4 Å². The molecule has 15 heteroatoms. The highest BCUT2D eigenvalue weighted by atomic mass is 19.3. The molecule has 0 unspecified atom stereocenters. The number of nitrogen functional groups attached to an aromatic ring is 1. The molecule has 4 rings (SSSR count). The smallest absolute Gasteiger partial charge is 0.410 e. The molecule has 190 valence electrons. The number of hydrogen-bond acceptors (Lipinski definition) is 11. The number of carbonyl (C=O) groups is 1. The van der Waals surface area contributed by atoms with Gasteiger partial charge in [-0.15, -0.1) is 0 Å². The van der Waals surface area contributed by atoms with E-state index in [1.165, 1.54) is 17.3 Å². The second kappa shape index (κ2) is 10.4. The third-order valence-corrected chi connectivity index (χ3v) is 5.71. The minimum absolute atomic E-state index is 0.0129. The van der Waals surface area contributed by atoms with E-state index in [0.29, 0.717) is 26.3 Å². The van der Waals surface area contributed by atoms with E-state index in [9.17, 15) is 18.7 Å². The van der Waals surface area contributed by atoms with E-state index in [2.05, 4.69) is 30.0 Å². The van der Waals surface area contributed by atoms with E-state index >= 15 is 4.39 Å². The molecule has 0 bridgehead atoms. The fourth-order valence-corrected chi connectivity index (χ4v) is 3.85. The summed E-state index contributed by atoms with van der Waals surface area (Å²) in [5.74, 6) is -0.783. The summed E-state index contributed by atoms with van der Waals surface area (Å²) in [6.45, 7) is 0.336. The van der Waals surface area contributed by atoms with Crippen molar-refractivity contribution in [3.63, 3.8) is 0 Å². The number of ether oxygens (including phenoxy) is 2. The van der Waals surface area contributed by atoms with Gasteiger partial charge in [-0.2, -0.15) is 4.98 Å². The zero-order valence-electron chi connectivity index (χ0n) is 18.7. The number of aliphatic hydroxyl groups is 1. The van der Waals surface area contributed by atoms with Gasteiger partial charge in [0.05, 0.1) is 25.4 Å². The molecule has 2 aromatic rings. The van der Waals surface area contributed by atoms with Crippen LogP contribution in [0.2, 0.25) is 0 Å². The predicted octanol–water partition coefficient (Wildman–Crippen LogP) is 0.742. The summed E-state index contributed by atoms with van der Waals surface area (Å²) in [7, 11) is 0. The first-order chi connectivity index (χ1) is 16.8. The van der Waals surface area contributed by atoms with E-state index in [1.807, 2.05) is 4.90 Å². The van der Waals surface area contributed by atoms with Gasteiger partial charge in [0, 0.05) is 44.1 Å². The quantitative estimate of drug-likeness (QED) is 0.496. The number of rotatable bonds is 7. The molecule has 0 spiro atoms. The van der Waals surface area contributed by atoms with Crippen LogP contribution in [0, 0.1) is 5.82 Å². The number of alkyl halides is 2. The summed E-state index contributed by atoms with van der Waals surface area (Å²) in [5.41, 5.74) is 4.54. The number of likely N-dealkylation sites (tertiary alicyclic amines) is 1. The molecule has 35 heavy (non-hydrogen) atoms. The van der Waals surface area contributed by atoms with Crippen LogP contribution in [0.4, 0.5) is 35.7 Å². The lowest BCUT2D eigenvalue weighted by Crippen LogP contribution is -2.46. The van der Waals surface area contributed by atoms with Crippen molar-refractivity contribution in [3.8, 4) is 11.3 Å². The fourth-order valence-electron chi connectivity index (χ4n) is 3.85. The van der Waals surface area contributed by atoms with Crippen LogP contribution in [0.3, 0.4) is 0 Å². The lowest BCUT2D eigenvalue weighted by molar-refractivity contribution is 0.0339. The molecule has 0 aliphatic carbocycles. The molecule has 12 nitrogen and oxygen atoms in total. The Hall–Kier alpha value is -3.46. The Kier molecular flexibility index (Phi) is 7.35. The van der Waals surface area contributed by atoms with Crippen molar-refractivity contribution in [1.82, 2.24) is 24.8 Å². The normalized spacial score (nSPS) is 20.4. The van der Waals surface area contributed by atoms with Gasteiger partial charge in [0.2, 0.25) is 11.9 Å². The number of anilines is 3. The van der Waals surface area contributed by atoms with E-state index in [-0.39, 0.29) is 48.5 Å². The average Bonchev–Trinajstić information content (AvgIpc) is 3.29. The molecule has 2 aliphatic rings. The highest BCUT2D eigenvalue weighted by Crippen LogP contribution is 2.32. The third-order valence-electron chi connectivity index (χ3n) is 5.71. The van der Waals surface area contributed by atoms with Gasteiger partial charge in [0.1, 0.15) is 5.69 Å². The molecule has 4 N–H and O–H groups in total. The summed E-state index contributed by atoms with van der Waals surface area (Å²) in [6, 6.07) is 0. The molecular formula is C20H25F3N8O4. The summed E-state index contributed by atoms with van der Waals surface area (Å²) in [4.78, 5) is 31.6. The van der Waals surface area contributed by atoms with Gasteiger partial charge >= 0.3 is 6.09 Å². The van der Waals surface area contributed by atoms with E-state index in [1.54, 1.807) is 0 Å². The molecule has 1 amide bonds. The van der Waals surface area contributed by atoms with E-state index < -0.39 is 37.1 Å². The predicted molar refractivity (Wildman–Crippen MR) is 117 cm³/mol. The number of nitrogens with one attached hydrogen (secondary N) is 1. The lowest BCUT2D eigenvalue weighted by Gasteiger charge is -2.31. The number of aliphatic hydroxyl groups excluding tert-OH is 1. The molecule has 2 aromatic heterocycles. The number of nitrogens with two attached hydrogens (primary N) is 1. The monoisotopic (exact) mass is 498 g/mol. The number of carbonyl (C=O) groups excluding carboxylic acids is 1. The maximum absolute atomic E-state index is 15.6. The standard InChI is InChI=1S/C20H25F3N8O4/c21-13(22)9-35-19(33)31-2-1-20(10-31,11-32)29-16-14(23)15(12-7-25-17(24)26-8-12)27-18(28-16)30-3-5-34-6-4-30/h7-8,13,32H,1-6,9-11H2,(H2,24,25,26)(H,27,28,29)/t20-/m0/s1.